The van der Waals surface area contributed by atoms with Crippen LogP contribution in [-0.4, -0.2) is 21.6 Å². The summed E-state index contributed by atoms with van der Waals surface area (Å²) < 4.78 is 18.0. The van der Waals surface area contributed by atoms with Crippen molar-refractivity contribution in [1.29, 1.82) is 0 Å². The molecule has 164 valence electrons. The number of rotatable bonds is 7. The molecule has 8 nitrogen and oxygen atoms in total. The molecular formula is C24H23N3O5. The van der Waals surface area contributed by atoms with Crippen LogP contribution in [0.5, 0.6) is 11.5 Å². The standard InChI is InChI=1S/C24H23N3O5/c1-15-9-10-20(26-24(29)17(3)31-19-7-5-4-6-8-19)21(11-15)30-14-18-13-23(28)27-22(25-18)12-16(2)32-27/h4-13,17H,14H2,1-3H3,(H,26,29)/t17-/m1/s1. The van der Waals surface area contributed by atoms with Gasteiger partial charge >= 0.3 is 0 Å². The number of ether oxygens (including phenoxy) is 2. The van der Waals surface area contributed by atoms with Gasteiger partial charge in [0.2, 0.25) is 0 Å². The van der Waals surface area contributed by atoms with Gasteiger partial charge in [-0.25, -0.2) is 4.98 Å². The van der Waals surface area contributed by atoms with Gasteiger partial charge in [-0.3, -0.25) is 9.59 Å². The fourth-order valence-electron chi connectivity index (χ4n) is 3.14. The number of amides is 1. The van der Waals surface area contributed by atoms with E-state index in [-0.39, 0.29) is 18.1 Å². The highest BCUT2D eigenvalue weighted by molar-refractivity contribution is 5.95. The number of carbonyl (C=O) groups excluding carboxylic acids is 1. The van der Waals surface area contributed by atoms with Gasteiger partial charge in [0, 0.05) is 12.1 Å². The number of hydrogen-bond donors (Lipinski definition) is 1. The van der Waals surface area contributed by atoms with E-state index in [0.717, 1.165) is 10.1 Å². The molecule has 32 heavy (non-hydrogen) atoms. The lowest BCUT2D eigenvalue weighted by molar-refractivity contribution is -0.122. The molecule has 0 spiro atoms. The van der Waals surface area contributed by atoms with Crippen LogP contribution in [-0.2, 0) is 11.4 Å². The van der Waals surface area contributed by atoms with Gasteiger partial charge in [0.05, 0.1) is 11.4 Å². The van der Waals surface area contributed by atoms with Crippen LogP contribution in [0, 0.1) is 13.8 Å². The molecule has 4 rings (SSSR count). The number of nitrogens with one attached hydrogen (secondary N) is 1. The summed E-state index contributed by atoms with van der Waals surface area (Å²) >= 11 is 0. The first-order valence-electron chi connectivity index (χ1n) is 10.1. The van der Waals surface area contributed by atoms with Crippen molar-refractivity contribution in [3.8, 4) is 11.5 Å². The molecule has 0 radical (unpaired) electrons. The van der Waals surface area contributed by atoms with Crippen LogP contribution in [0.3, 0.4) is 0 Å². The normalized spacial score (nSPS) is 11.8. The van der Waals surface area contributed by atoms with E-state index in [1.807, 2.05) is 37.3 Å². The van der Waals surface area contributed by atoms with Crippen molar-refractivity contribution in [3.05, 3.63) is 88.0 Å². The molecule has 0 fully saturated rings. The first-order chi connectivity index (χ1) is 15.4. The monoisotopic (exact) mass is 433 g/mol. The second-order valence-corrected chi connectivity index (χ2v) is 7.44. The van der Waals surface area contributed by atoms with Gasteiger partial charge in [0.15, 0.2) is 11.8 Å². The van der Waals surface area contributed by atoms with E-state index < -0.39 is 6.10 Å². The molecule has 0 aliphatic heterocycles. The zero-order valence-corrected chi connectivity index (χ0v) is 18.0. The average Bonchev–Trinajstić information content (AvgIpc) is 3.15. The summed E-state index contributed by atoms with van der Waals surface area (Å²) in [5, 5.41) is 2.85. The third-order valence-electron chi connectivity index (χ3n) is 4.72. The number of nitrogens with zero attached hydrogens (tertiary/aromatic N) is 2. The Morgan fingerprint density at radius 1 is 1.12 bits per heavy atom. The molecule has 0 saturated heterocycles. The second kappa shape index (κ2) is 8.97. The molecule has 0 unspecified atom stereocenters. The zero-order chi connectivity index (χ0) is 22.7. The van der Waals surface area contributed by atoms with Gasteiger partial charge < -0.3 is 19.3 Å². The van der Waals surface area contributed by atoms with Gasteiger partial charge in [0.25, 0.3) is 11.5 Å². The number of carbonyl (C=O) groups is 1. The first kappa shape index (κ1) is 21.2. The van der Waals surface area contributed by atoms with E-state index >= 15 is 0 Å². The zero-order valence-electron chi connectivity index (χ0n) is 18.0. The number of para-hydroxylation sites is 1. The molecule has 1 N–H and O–H groups in total. The van der Waals surface area contributed by atoms with Crippen LogP contribution < -0.4 is 20.3 Å². The van der Waals surface area contributed by atoms with Crippen LogP contribution in [0.25, 0.3) is 5.65 Å². The predicted octanol–water partition coefficient (Wildman–Crippen LogP) is 3.89. The maximum atomic E-state index is 12.7. The van der Waals surface area contributed by atoms with E-state index in [0.29, 0.717) is 34.3 Å². The molecule has 4 aromatic rings. The maximum absolute atomic E-state index is 12.7. The van der Waals surface area contributed by atoms with Crippen LogP contribution in [0.1, 0.15) is 23.9 Å². The minimum Gasteiger partial charge on any atom is -0.485 e. The molecule has 0 aliphatic rings. The Bertz CT molecular complexity index is 1310. The molecule has 0 aliphatic carbocycles. The lowest BCUT2D eigenvalue weighted by Crippen LogP contribution is -2.30. The summed E-state index contributed by atoms with van der Waals surface area (Å²) in [6.45, 7) is 5.40. The molecule has 1 amide bonds. The molecule has 8 heteroatoms. The summed E-state index contributed by atoms with van der Waals surface area (Å²) in [4.78, 5) is 29.3. The lowest BCUT2D eigenvalue weighted by Gasteiger charge is -2.17. The van der Waals surface area contributed by atoms with Crippen molar-refractivity contribution in [3.63, 3.8) is 0 Å². The molecular weight excluding hydrogens is 410 g/mol. The third-order valence-corrected chi connectivity index (χ3v) is 4.72. The number of anilines is 1. The van der Waals surface area contributed by atoms with Gasteiger partial charge in [-0.2, -0.15) is 0 Å². The third kappa shape index (κ3) is 4.80. The fourth-order valence-corrected chi connectivity index (χ4v) is 3.14. The second-order valence-electron chi connectivity index (χ2n) is 7.44. The van der Waals surface area contributed by atoms with E-state index in [2.05, 4.69) is 10.3 Å². The maximum Gasteiger partial charge on any atom is 0.287 e. The Hall–Kier alpha value is -4.07. The van der Waals surface area contributed by atoms with E-state index in [1.165, 1.54) is 6.07 Å². The quantitative estimate of drug-likeness (QED) is 0.475. The molecule has 2 heterocycles. The van der Waals surface area contributed by atoms with Crippen molar-refractivity contribution in [2.24, 2.45) is 0 Å². The van der Waals surface area contributed by atoms with Crippen molar-refractivity contribution in [2.45, 2.75) is 33.5 Å². The summed E-state index contributed by atoms with van der Waals surface area (Å²) in [6.07, 6.45) is -0.708. The SMILES string of the molecule is Cc1ccc(NC(=O)[C@@H](C)Oc2ccccc2)c(OCc2cc(=O)n3oc(C)cc3n2)c1. The predicted molar refractivity (Wildman–Crippen MR) is 119 cm³/mol. The van der Waals surface area contributed by atoms with E-state index in [1.54, 1.807) is 38.1 Å². The van der Waals surface area contributed by atoms with Gasteiger partial charge in [0.1, 0.15) is 23.9 Å². The Morgan fingerprint density at radius 3 is 2.69 bits per heavy atom. The number of aromatic nitrogens is 2. The lowest BCUT2D eigenvalue weighted by atomic mass is 10.2. The van der Waals surface area contributed by atoms with Crippen molar-refractivity contribution in [2.75, 3.05) is 5.32 Å². The summed E-state index contributed by atoms with van der Waals surface area (Å²) in [6, 6.07) is 17.6. The largest absolute Gasteiger partial charge is 0.485 e. The van der Waals surface area contributed by atoms with Crippen molar-refractivity contribution < 1.29 is 18.8 Å². The van der Waals surface area contributed by atoms with Crippen LogP contribution in [0.15, 0.2) is 70.0 Å². The number of aryl methyl sites for hydroxylation is 2. The van der Waals surface area contributed by atoms with Crippen molar-refractivity contribution >= 4 is 17.2 Å². The summed E-state index contributed by atoms with van der Waals surface area (Å²) in [5.41, 5.74) is 2.00. The molecule has 2 aromatic heterocycles. The number of hydrogen-bond acceptors (Lipinski definition) is 6. The molecule has 1 atom stereocenters. The summed E-state index contributed by atoms with van der Waals surface area (Å²) in [5.74, 6) is 1.35. The average molecular weight is 433 g/mol. The first-order valence-corrected chi connectivity index (χ1v) is 10.1. The minimum atomic E-state index is -0.708. The fraction of sp³-hybridized carbons (Fsp3) is 0.208. The van der Waals surface area contributed by atoms with E-state index in [9.17, 15) is 9.59 Å². The van der Waals surface area contributed by atoms with E-state index in [4.69, 9.17) is 14.0 Å². The molecule has 0 saturated carbocycles. The van der Waals surface area contributed by atoms with Crippen LogP contribution in [0.2, 0.25) is 0 Å². The topological polar surface area (TPSA) is 95.1 Å². The van der Waals surface area contributed by atoms with Gasteiger partial charge in [-0.15, -0.1) is 4.57 Å². The van der Waals surface area contributed by atoms with Gasteiger partial charge in [-0.05, 0) is 50.6 Å². The molecule has 0 bridgehead atoms. The highest BCUT2D eigenvalue weighted by Gasteiger charge is 2.17. The Morgan fingerprint density at radius 2 is 1.91 bits per heavy atom. The van der Waals surface area contributed by atoms with Crippen molar-refractivity contribution in [1.82, 2.24) is 9.56 Å². The van der Waals surface area contributed by atoms with Crippen LogP contribution in [0.4, 0.5) is 5.69 Å². The van der Waals surface area contributed by atoms with Crippen LogP contribution >= 0.6 is 0 Å². The number of fused-ring (bicyclic) bond motifs is 1. The minimum absolute atomic E-state index is 0.0539. The Balaban J connectivity index is 1.48. The smallest absolute Gasteiger partial charge is 0.287 e. The highest BCUT2D eigenvalue weighted by atomic mass is 16.5. The summed E-state index contributed by atoms with van der Waals surface area (Å²) in [7, 11) is 0. The Labute approximate surface area is 184 Å². The Kier molecular flexibility index (Phi) is 5.93. The molecule has 2 aromatic carbocycles. The van der Waals surface area contributed by atoms with Gasteiger partial charge in [-0.1, -0.05) is 24.3 Å². The highest BCUT2D eigenvalue weighted by Crippen LogP contribution is 2.27. The number of benzene rings is 2.